The van der Waals surface area contributed by atoms with Gasteiger partial charge in [0.15, 0.2) is 5.82 Å². The molecule has 3 aromatic heterocycles. The van der Waals surface area contributed by atoms with Crippen LogP contribution in [0.4, 0.5) is 11.6 Å². The Bertz CT molecular complexity index is 1020. The maximum atomic E-state index is 5.32. The number of fused-ring (bicyclic) bond motifs is 1. The number of anilines is 2. The minimum Gasteiger partial charge on any atom is -0.481 e. The second-order valence-electron chi connectivity index (χ2n) is 8.05. The molecule has 8 nitrogen and oxygen atoms in total. The average Bonchev–Trinajstić information content (AvgIpc) is 3.54. The van der Waals surface area contributed by atoms with Crippen LogP contribution < -0.4 is 14.5 Å². The summed E-state index contributed by atoms with van der Waals surface area (Å²) in [6, 6.07) is 5.16. The zero-order valence-corrected chi connectivity index (χ0v) is 17.2. The van der Waals surface area contributed by atoms with E-state index in [1.54, 1.807) is 19.8 Å². The Morgan fingerprint density at radius 1 is 0.966 bits per heavy atom. The first-order chi connectivity index (χ1) is 14.2. The molecule has 1 aliphatic heterocycles. The molecule has 4 heterocycles. The van der Waals surface area contributed by atoms with Crippen LogP contribution in [-0.2, 0) is 7.05 Å². The van der Waals surface area contributed by atoms with E-state index in [0.717, 1.165) is 48.6 Å². The van der Waals surface area contributed by atoms with Crippen molar-refractivity contribution in [3.8, 4) is 5.88 Å². The first-order valence-corrected chi connectivity index (χ1v) is 10.3. The quantitative estimate of drug-likeness (QED) is 0.660. The molecule has 0 aromatic carbocycles. The molecular weight excluding hydrogens is 366 g/mol. The Balaban J connectivity index is 1.37. The third kappa shape index (κ3) is 3.26. The first kappa shape index (κ1) is 18.1. The van der Waals surface area contributed by atoms with Gasteiger partial charge in [0.1, 0.15) is 24.0 Å². The van der Waals surface area contributed by atoms with Gasteiger partial charge in [0.2, 0.25) is 5.88 Å². The Hall–Kier alpha value is -2.90. The average molecular weight is 393 g/mol. The summed E-state index contributed by atoms with van der Waals surface area (Å²) in [6.45, 7) is 4.07. The molecule has 0 N–H and O–H groups in total. The number of hydrogen-bond acceptors (Lipinski definition) is 7. The molecule has 1 saturated carbocycles. The molecule has 5 rings (SSSR count). The summed E-state index contributed by atoms with van der Waals surface area (Å²) >= 11 is 0. The summed E-state index contributed by atoms with van der Waals surface area (Å²) in [5.74, 6) is 2.66. The molecule has 0 amide bonds. The summed E-state index contributed by atoms with van der Waals surface area (Å²) in [5, 5.41) is 0. The van der Waals surface area contributed by atoms with E-state index in [1.807, 2.05) is 6.07 Å². The van der Waals surface area contributed by atoms with Crippen molar-refractivity contribution in [3.63, 3.8) is 0 Å². The number of rotatable bonds is 5. The molecule has 3 aromatic rings. The lowest BCUT2D eigenvalue weighted by atomic mass is 10.0. The van der Waals surface area contributed by atoms with Crippen LogP contribution in [0.1, 0.15) is 31.4 Å². The number of aryl methyl sites for hydroxylation is 2. The smallest absolute Gasteiger partial charge is 0.218 e. The van der Waals surface area contributed by atoms with Crippen molar-refractivity contribution in [2.75, 3.05) is 30.0 Å². The highest BCUT2D eigenvalue weighted by Gasteiger charge is 2.37. The second-order valence-corrected chi connectivity index (χ2v) is 8.05. The van der Waals surface area contributed by atoms with E-state index in [4.69, 9.17) is 4.74 Å². The minimum absolute atomic E-state index is 0.478. The highest BCUT2D eigenvalue weighted by molar-refractivity contribution is 5.87. The lowest BCUT2D eigenvalue weighted by molar-refractivity contribution is 0.395. The van der Waals surface area contributed by atoms with Gasteiger partial charge in [-0.05, 0) is 38.7 Å². The number of ether oxygens (including phenoxy) is 1. The number of hydrogen-bond donors (Lipinski definition) is 0. The van der Waals surface area contributed by atoms with E-state index < -0.39 is 0 Å². The molecule has 1 saturated heterocycles. The van der Waals surface area contributed by atoms with Crippen LogP contribution in [0, 0.1) is 6.92 Å². The summed E-state index contributed by atoms with van der Waals surface area (Å²) in [4.78, 5) is 22.7. The van der Waals surface area contributed by atoms with Gasteiger partial charge in [-0.3, -0.25) is 0 Å². The van der Waals surface area contributed by atoms with Gasteiger partial charge >= 0.3 is 0 Å². The summed E-state index contributed by atoms with van der Waals surface area (Å²) in [7, 11) is 3.74. The second kappa shape index (κ2) is 7.17. The van der Waals surface area contributed by atoms with Crippen LogP contribution in [0.5, 0.6) is 5.88 Å². The number of piperidine rings is 1. The van der Waals surface area contributed by atoms with E-state index in [1.165, 1.54) is 18.5 Å². The molecule has 0 spiro atoms. The Kier molecular flexibility index (Phi) is 4.49. The molecular formula is C21H27N7O. The van der Waals surface area contributed by atoms with Gasteiger partial charge in [-0.15, -0.1) is 0 Å². The standard InChI is InChI=1S/C21H27N7O/c1-14-10-17-20(26(14)2)21(25-12-22-17)27-8-6-16(7-9-27)28(15-4-5-15)18-11-19(29-3)24-13-23-18/h10-13,15-16H,4-9H2,1-3H3. The fraction of sp³-hybridized carbons (Fsp3) is 0.524. The van der Waals surface area contributed by atoms with Crippen LogP contribution in [0.15, 0.2) is 24.8 Å². The fourth-order valence-corrected chi connectivity index (χ4v) is 4.48. The molecule has 0 bridgehead atoms. The van der Waals surface area contributed by atoms with Gasteiger partial charge in [0.05, 0.1) is 12.6 Å². The zero-order chi connectivity index (χ0) is 20.0. The summed E-state index contributed by atoms with van der Waals surface area (Å²) < 4.78 is 7.51. The SMILES string of the molecule is COc1cc(N(C2CC2)C2CCN(c3ncnc4cc(C)n(C)c34)CC2)ncn1. The number of aromatic nitrogens is 5. The fourth-order valence-electron chi connectivity index (χ4n) is 4.48. The van der Waals surface area contributed by atoms with Gasteiger partial charge in [-0.25, -0.2) is 19.9 Å². The monoisotopic (exact) mass is 393 g/mol. The highest BCUT2D eigenvalue weighted by Crippen LogP contribution is 2.37. The molecule has 2 aliphatic rings. The highest BCUT2D eigenvalue weighted by atomic mass is 16.5. The molecule has 0 atom stereocenters. The van der Waals surface area contributed by atoms with E-state index in [0.29, 0.717) is 18.0 Å². The van der Waals surface area contributed by atoms with Crippen LogP contribution in [0.25, 0.3) is 11.0 Å². The van der Waals surface area contributed by atoms with Gasteiger partial charge < -0.3 is 19.1 Å². The topological polar surface area (TPSA) is 72.2 Å². The van der Waals surface area contributed by atoms with Crippen LogP contribution in [0.3, 0.4) is 0 Å². The van der Waals surface area contributed by atoms with Crippen LogP contribution >= 0.6 is 0 Å². The van der Waals surface area contributed by atoms with Crippen LogP contribution in [0.2, 0.25) is 0 Å². The Morgan fingerprint density at radius 2 is 1.69 bits per heavy atom. The van der Waals surface area contributed by atoms with Crippen molar-refractivity contribution < 1.29 is 4.74 Å². The molecule has 152 valence electrons. The molecule has 0 radical (unpaired) electrons. The van der Waals surface area contributed by atoms with Gasteiger partial charge in [-0.2, -0.15) is 0 Å². The summed E-state index contributed by atoms with van der Waals surface area (Å²) in [6.07, 6.45) is 7.93. The molecule has 1 aliphatic carbocycles. The van der Waals surface area contributed by atoms with E-state index in [9.17, 15) is 0 Å². The van der Waals surface area contributed by atoms with Gasteiger partial charge in [0.25, 0.3) is 0 Å². The third-order valence-corrected chi connectivity index (χ3v) is 6.24. The lowest BCUT2D eigenvalue weighted by Gasteiger charge is -2.40. The zero-order valence-electron chi connectivity index (χ0n) is 17.2. The Morgan fingerprint density at radius 3 is 2.41 bits per heavy atom. The first-order valence-electron chi connectivity index (χ1n) is 10.3. The number of methoxy groups -OCH3 is 1. The maximum Gasteiger partial charge on any atom is 0.218 e. The van der Waals surface area contributed by atoms with Crippen LogP contribution in [-0.4, -0.2) is 56.8 Å². The predicted octanol–water partition coefficient (Wildman–Crippen LogP) is 2.71. The van der Waals surface area contributed by atoms with Gasteiger partial charge in [-0.1, -0.05) is 0 Å². The molecule has 2 fully saturated rings. The Labute approximate surface area is 170 Å². The van der Waals surface area contributed by atoms with Crippen molar-refractivity contribution in [2.24, 2.45) is 7.05 Å². The van der Waals surface area contributed by atoms with E-state index in [-0.39, 0.29) is 0 Å². The van der Waals surface area contributed by atoms with Crippen molar-refractivity contribution in [2.45, 2.75) is 44.7 Å². The lowest BCUT2D eigenvalue weighted by Crippen LogP contribution is -2.46. The van der Waals surface area contributed by atoms with E-state index >= 15 is 0 Å². The maximum absolute atomic E-state index is 5.32. The van der Waals surface area contributed by atoms with Crippen molar-refractivity contribution in [1.82, 2.24) is 24.5 Å². The van der Waals surface area contributed by atoms with Crippen molar-refractivity contribution >= 4 is 22.7 Å². The van der Waals surface area contributed by atoms with Gasteiger partial charge in [0, 0.05) is 44.0 Å². The molecule has 8 heteroatoms. The minimum atomic E-state index is 0.478. The predicted molar refractivity (Wildman–Crippen MR) is 113 cm³/mol. The third-order valence-electron chi connectivity index (χ3n) is 6.24. The summed E-state index contributed by atoms with van der Waals surface area (Å²) in [5.41, 5.74) is 3.35. The molecule has 0 unspecified atom stereocenters. The van der Waals surface area contributed by atoms with Crippen molar-refractivity contribution in [1.29, 1.82) is 0 Å². The number of nitrogens with zero attached hydrogens (tertiary/aromatic N) is 7. The largest absolute Gasteiger partial charge is 0.481 e. The van der Waals surface area contributed by atoms with E-state index in [2.05, 4.69) is 54.3 Å². The normalized spacial score (nSPS) is 17.7. The molecule has 29 heavy (non-hydrogen) atoms. The van der Waals surface area contributed by atoms with Crippen molar-refractivity contribution in [3.05, 3.63) is 30.5 Å².